The van der Waals surface area contributed by atoms with Crippen LogP contribution in [-0.4, -0.2) is 21.3 Å². The van der Waals surface area contributed by atoms with Crippen LogP contribution < -0.4 is 0 Å². The Morgan fingerprint density at radius 1 is 1.82 bits per heavy atom. The summed E-state index contributed by atoms with van der Waals surface area (Å²) in [6, 6.07) is 1.14. The molecule has 11 heavy (non-hydrogen) atoms. The van der Waals surface area contributed by atoms with Gasteiger partial charge in [0.15, 0.2) is 10.9 Å². The average Bonchev–Trinajstić information content (AvgIpc) is 2.34. The second-order valence-corrected chi connectivity index (χ2v) is 2.18. The van der Waals surface area contributed by atoms with Gasteiger partial charge in [-0.05, 0) is 0 Å². The number of carboxylic acids is 1. The van der Waals surface area contributed by atoms with Gasteiger partial charge in [0.1, 0.15) is 0 Å². The van der Waals surface area contributed by atoms with Crippen molar-refractivity contribution in [1.29, 1.82) is 0 Å². The van der Waals surface area contributed by atoms with Crippen LogP contribution in [0.5, 0.6) is 0 Å². The first-order valence-corrected chi connectivity index (χ1v) is 3.02. The lowest BCUT2D eigenvalue weighted by atomic mass is 10.3. The number of nitrogens with zero attached hydrogens (tertiary/aromatic N) is 1. The largest absolute Gasteiger partial charge is 0.479 e. The molecule has 5 nitrogen and oxygen atoms in total. The van der Waals surface area contributed by atoms with Crippen molar-refractivity contribution in [3.63, 3.8) is 0 Å². The molecule has 1 heterocycles. The van der Waals surface area contributed by atoms with Gasteiger partial charge in [0, 0.05) is 6.07 Å². The zero-order valence-electron chi connectivity index (χ0n) is 5.19. The van der Waals surface area contributed by atoms with E-state index in [2.05, 4.69) is 9.68 Å². The van der Waals surface area contributed by atoms with Crippen LogP contribution >= 0.6 is 11.6 Å². The summed E-state index contributed by atoms with van der Waals surface area (Å²) in [4.78, 5) is 10.1. The third-order valence-electron chi connectivity index (χ3n) is 1.00. The molecule has 0 aromatic carbocycles. The number of aromatic nitrogens is 1. The van der Waals surface area contributed by atoms with Gasteiger partial charge in [0.05, 0.1) is 0 Å². The van der Waals surface area contributed by atoms with Gasteiger partial charge >= 0.3 is 5.97 Å². The minimum Gasteiger partial charge on any atom is -0.479 e. The molecule has 1 unspecified atom stereocenters. The molecule has 1 aromatic rings. The molecule has 0 aliphatic heterocycles. The van der Waals surface area contributed by atoms with Crippen LogP contribution in [0.25, 0.3) is 0 Å². The van der Waals surface area contributed by atoms with Crippen molar-refractivity contribution in [1.82, 2.24) is 5.16 Å². The Bertz CT molecular complexity index is 271. The molecule has 60 valence electrons. The molecule has 0 saturated carbocycles. The van der Waals surface area contributed by atoms with Gasteiger partial charge in [-0.15, -0.1) is 0 Å². The van der Waals surface area contributed by atoms with E-state index < -0.39 is 12.1 Å². The molecule has 1 rings (SSSR count). The smallest absolute Gasteiger partial charge is 0.340 e. The number of carbonyl (C=O) groups is 1. The number of aliphatic carboxylic acids is 1. The summed E-state index contributed by atoms with van der Waals surface area (Å²) in [5, 5.41) is 20.3. The molecule has 0 saturated heterocycles. The Morgan fingerprint density at radius 3 is 2.82 bits per heavy atom. The highest BCUT2D eigenvalue weighted by molar-refractivity contribution is 6.29. The standard InChI is InChI=1S/C5H4ClNO4/c6-3-1-2(11-7-3)4(8)5(9)10/h1,4,8H,(H,9,10). The fraction of sp³-hybridized carbons (Fsp3) is 0.200. The maximum atomic E-state index is 10.1. The predicted molar refractivity (Wildman–Crippen MR) is 34.1 cm³/mol. The third-order valence-corrected chi connectivity index (χ3v) is 1.18. The Kier molecular flexibility index (Phi) is 2.11. The van der Waals surface area contributed by atoms with Crippen LogP contribution in [0.2, 0.25) is 5.15 Å². The molecule has 1 aromatic heterocycles. The summed E-state index contributed by atoms with van der Waals surface area (Å²) in [6.07, 6.45) is -1.70. The normalized spacial score (nSPS) is 12.9. The van der Waals surface area contributed by atoms with Crippen molar-refractivity contribution < 1.29 is 19.5 Å². The summed E-state index contributed by atoms with van der Waals surface area (Å²) < 4.78 is 4.37. The Balaban J connectivity index is 2.84. The van der Waals surface area contributed by atoms with E-state index in [-0.39, 0.29) is 10.9 Å². The maximum absolute atomic E-state index is 10.1. The molecule has 0 aliphatic rings. The van der Waals surface area contributed by atoms with E-state index in [1.165, 1.54) is 0 Å². The zero-order valence-corrected chi connectivity index (χ0v) is 5.95. The van der Waals surface area contributed by atoms with Crippen LogP contribution in [0.15, 0.2) is 10.6 Å². The average molecular weight is 178 g/mol. The van der Waals surface area contributed by atoms with E-state index >= 15 is 0 Å². The Labute approximate surface area is 66.2 Å². The first kappa shape index (κ1) is 8.03. The van der Waals surface area contributed by atoms with Crippen LogP contribution in [0.3, 0.4) is 0 Å². The van der Waals surface area contributed by atoms with E-state index in [1.54, 1.807) is 0 Å². The highest BCUT2D eigenvalue weighted by atomic mass is 35.5. The number of rotatable bonds is 2. The second kappa shape index (κ2) is 2.89. The highest BCUT2D eigenvalue weighted by Crippen LogP contribution is 2.16. The summed E-state index contributed by atoms with van der Waals surface area (Å²) in [5.74, 6) is -1.58. The molecule has 0 radical (unpaired) electrons. The maximum Gasteiger partial charge on any atom is 0.340 e. The molecular weight excluding hydrogens is 174 g/mol. The van der Waals surface area contributed by atoms with Crippen molar-refractivity contribution in [2.45, 2.75) is 6.10 Å². The zero-order chi connectivity index (χ0) is 8.43. The number of aliphatic hydroxyl groups is 1. The van der Waals surface area contributed by atoms with Crippen LogP contribution in [0.1, 0.15) is 11.9 Å². The minimum absolute atomic E-state index is 0.0142. The van der Waals surface area contributed by atoms with E-state index in [1.807, 2.05) is 0 Å². The third kappa shape index (κ3) is 1.69. The molecule has 0 amide bonds. The predicted octanol–water partition coefficient (Wildman–Crippen LogP) is 0.446. The number of hydrogen-bond acceptors (Lipinski definition) is 4. The molecule has 0 aliphatic carbocycles. The molecule has 0 spiro atoms. The van der Waals surface area contributed by atoms with Gasteiger partial charge in [-0.25, -0.2) is 4.79 Å². The van der Waals surface area contributed by atoms with Gasteiger partial charge in [0.2, 0.25) is 6.10 Å². The topological polar surface area (TPSA) is 83.6 Å². The highest BCUT2D eigenvalue weighted by Gasteiger charge is 2.20. The van der Waals surface area contributed by atoms with E-state index in [9.17, 15) is 4.79 Å². The first-order valence-electron chi connectivity index (χ1n) is 2.64. The quantitative estimate of drug-likeness (QED) is 0.685. The summed E-state index contributed by atoms with van der Waals surface area (Å²) >= 11 is 5.30. The van der Waals surface area contributed by atoms with Crippen molar-refractivity contribution in [3.8, 4) is 0 Å². The molecule has 0 fully saturated rings. The van der Waals surface area contributed by atoms with E-state index in [4.69, 9.17) is 21.8 Å². The van der Waals surface area contributed by atoms with Crippen molar-refractivity contribution >= 4 is 17.6 Å². The van der Waals surface area contributed by atoms with Crippen LogP contribution in [0, 0.1) is 0 Å². The Hall–Kier alpha value is -1.07. The SMILES string of the molecule is O=C(O)C(O)c1cc(Cl)no1. The molecule has 1 atom stereocenters. The first-order chi connectivity index (χ1) is 5.11. The van der Waals surface area contributed by atoms with Crippen molar-refractivity contribution in [3.05, 3.63) is 17.0 Å². The van der Waals surface area contributed by atoms with Crippen molar-refractivity contribution in [2.24, 2.45) is 0 Å². The van der Waals surface area contributed by atoms with Gasteiger partial charge in [0.25, 0.3) is 0 Å². The molecular formula is C5H4ClNO4. The Morgan fingerprint density at radius 2 is 2.45 bits per heavy atom. The molecule has 2 N–H and O–H groups in total. The fourth-order valence-corrected chi connectivity index (χ4v) is 0.659. The number of halogens is 1. The lowest BCUT2D eigenvalue weighted by Crippen LogP contribution is -2.09. The second-order valence-electron chi connectivity index (χ2n) is 1.79. The van der Waals surface area contributed by atoms with Crippen molar-refractivity contribution in [2.75, 3.05) is 0 Å². The lowest BCUT2D eigenvalue weighted by Gasteiger charge is -1.96. The van der Waals surface area contributed by atoms with Gasteiger partial charge in [-0.1, -0.05) is 16.8 Å². The molecule has 0 bridgehead atoms. The lowest BCUT2D eigenvalue weighted by molar-refractivity contribution is -0.148. The number of carboxylic acid groups (broad SMARTS) is 1. The van der Waals surface area contributed by atoms with Gasteiger partial charge in [-0.2, -0.15) is 0 Å². The van der Waals surface area contributed by atoms with Crippen LogP contribution in [-0.2, 0) is 4.79 Å². The van der Waals surface area contributed by atoms with Crippen LogP contribution in [0.4, 0.5) is 0 Å². The summed E-state index contributed by atoms with van der Waals surface area (Å²) in [5.41, 5.74) is 0. The number of hydrogen-bond donors (Lipinski definition) is 2. The van der Waals surface area contributed by atoms with Gasteiger partial charge < -0.3 is 14.7 Å². The minimum atomic E-state index is -1.70. The molecule has 6 heteroatoms. The fourth-order valence-electron chi connectivity index (χ4n) is 0.517. The summed E-state index contributed by atoms with van der Waals surface area (Å²) in [7, 11) is 0. The van der Waals surface area contributed by atoms with E-state index in [0.717, 1.165) is 6.07 Å². The summed E-state index contributed by atoms with van der Waals surface area (Å²) in [6.45, 7) is 0. The van der Waals surface area contributed by atoms with Gasteiger partial charge in [-0.3, -0.25) is 0 Å². The monoisotopic (exact) mass is 177 g/mol. The van der Waals surface area contributed by atoms with E-state index in [0.29, 0.717) is 0 Å². The number of aliphatic hydroxyl groups excluding tert-OH is 1.